The van der Waals surface area contributed by atoms with Crippen LogP contribution in [0, 0.1) is 5.92 Å². The molecule has 0 aromatic heterocycles. The first-order chi connectivity index (χ1) is 7.26. The lowest BCUT2D eigenvalue weighted by molar-refractivity contribution is 0.185. The van der Waals surface area contributed by atoms with Gasteiger partial charge in [-0.05, 0) is 23.6 Å². The van der Waals surface area contributed by atoms with Crippen LogP contribution in [-0.2, 0) is 11.3 Å². The standard InChI is InChI=1S/C12H19NO2/c1-10(8-14)7-13-12-5-3-4-11(6-12)9-15-2/h3-6,10,13-14H,7-9H2,1-2H3. The summed E-state index contributed by atoms with van der Waals surface area (Å²) in [5.41, 5.74) is 2.23. The first-order valence-corrected chi connectivity index (χ1v) is 5.19. The largest absolute Gasteiger partial charge is 0.396 e. The Hall–Kier alpha value is -1.06. The highest BCUT2D eigenvalue weighted by Gasteiger charge is 2.00. The van der Waals surface area contributed by atoms with E-state index < -0.39 is 0 Å². The van der Waals surface area contributed by atoms with Crippen LogP contribution < -0.4 is 5.32 Å². The number of hydrogen-bond donors (Lipinski definition) is 2. The predicted octanol–water partition coefficient (Wildman–Crippen LogP) is 1.87. The number of rotatable bonds is 6. The van der Waals surface area contributed by atoms with Crippen molar-refractivity contribution >= 4 is 5.69 Å². The van der Waals surface area contributed by atoms with Gasteiger partial charge in [0.2, 0.25) is 0 Å². The van der Waals surface area contributed by atoms with Gasteiger partial charge < -0.3 is 15.2 Å². The van der Waals surface area contributed by atoms with Gasteiger partial charge in [0.25, 0.3) is 0 Å². The zero-order chi connectivity index (χ0) is 11.1. The molecule has 0 aliphatic rings. The number of hydrogen-bond acceptors (Lipinski definition) is 3. The third-order valence-electron chi connectivity index (χ3n) is 2.20. The van der Waals surface area contributed by atoms with Crippen LogP contribution in [0.4, 0.5) is 5.69 Å². The average molecular weight is 209 g/mol. The topological polar surface area (TPSA) is 41.5 Å². The molecule has 0 heterocycles. The van der Waals surface area contributed by atoms with E-state index in [2.05, 4.69) is 11.4 Å². The zero-order valence-electron chi connectivity index (χ0n) is 9.36. The molecular formula is C12H19NO2. The number of aliphatic hydroxyl groups is 1. The molecule has 1 aromatic rings. The lowest BCUT2D eigenvalue weighted by atomic mass is 10.1. The minimum absolute atomic E-state index is 0.213. The maximum atomic E-state index is 8.89. The number of anilines is 1. The van der Waals surface area contributed by atoms with Crippen molar-refractivity contribution in [3.05, 3.63) is 29.8 Å². The Morgan fingerprint density at radius 3 is 2.93 bits per heavy atom. The summed E-state index contributed by atoms with van der Waals surface area (Å²) in [6.45, 7) is 3.63. The van der Waals surface area contributed by atoms with Crippen LogP contribution in [0.3, 0.4) is 0 Å². The molecule has 1 atom stereocenters. The second kappa shape index (κ2) is 6.43. The summed E-state index contributed by atoms with van der Waals surface area (Å²) in [5.74, 6) is 0.274. The Balaban J connectivity index is 2.50. The van der Waals surface area contributed by atoms with Gasteiger partial charge in [-0.3, -0.25) is 0 Å². The van der Waals surface area contributed by atoms with Gasteiger partial charge in [0.05, 0.1) is 6.61 Å². The molecule has 2 N–H and O–H groups in total. The molecule has 0 aliphatic heterocycles. The molecule has 3 heteroatoms. The summed E-state index contributed by atoms with van der Waals surface area (Å²) in [7, 11) is 1.69. The number of methoxy groups -OCH3 is 1. The third-order valence-corrected chi connectivity index (χ3v) is 2.20. The number of aliphatic hydroxyl groups excluding tert-OH is 1. The summed E-state index contributed by atoms with van der Waals surface area (Å²) < 4.78 is 5.06. The van der Waals surface area contributed by atoms with Crippen molar-refractivity contribution in [3.8, 4) is 0 Å². The number of ether oxygens (including phenoxy) is 1. The Labute approximate surface area is 91.1 Å². The smallest absolute Gasteiger partial charge is 0.0713 e. The van der Waals surface area contributed by atoms with Gasteiger partial charge in [0.1, 0.15) is 0 Å². The molecule has 0 radical (unpaired) electrons. The zero-order valence-corrected chi connectivity index (χ0v) is 9.36. The average Bonchev–Trinajstić information content (AvgIpc) is 2.27. The number of nitrogens with one attached hydrogen (secondary N) is 1. The van der Waals surface area contributed by atoms with Crippen LogP contribution in [0.1, 0.15) is 12.5 Å². The van der Waals surface area contributed by atoms with Crippen molar-refractivity contribution in [2.45, 2.75) is 13.5 Å². The van der Waals surface area contributed by atoms with E-state index in [9.17, 15) is 0 Å². The Morgan fingerprint density at radius 1 is 1.47 bits per heavy atom. The lowest BCUT2D eigenvalue weighted by Gasteiger charge is -2.11. The summed E-state index contributed by atoms with van der Waals surface area (Å²) in [6.07, 6.45) is 0. The highest BCUT2D eigenvalue weighted by molar-refractivity contribution is 5.45. The summed E-state index contributed by atoms with van der Waals surface area (Å²) in [4.78, 5) is 0. The summed E-state index contributed by atoms with van der Waals surface area (Å²) in [5, 5.41) is 12.2. The van der Waals surface area contributed by atoms with E-state index in [1.807, 2.05) is 25.1 Å². The van der Waals surface area contributed by atoms with Crippen molar-refractivity contribution in [2.75, 3.05) is 25.6 Å². The molecular weight excluding hydrogens is 190 g/mol. The predicted molar refractivity (Wildman–Crippen MR) is 61.9 cm³/mol. The van der Waals surface area contributed by atoms with E-state index in [1.54, 1.807) is 7.11 Å². The first kappa shape index (κ1) is 12.0. The molecule has 84 valence electrons. The molecule has 1 rings (SSSR count). The highest BCUT2D eigenvalue weighted by atomic mass is 16.5. The van der Waals surface area contributed by atoms with Gasteiger partial charge in [-0.15, -0.1) is 0 Å². The second-order valence-electron chi connectivity index (χ2n) is 3.80. The van der Waals surface area contributed by atoms with E-state index in [0.29, 0.717) is 6.61 Å². The van der Waals surface area contributed by atoms with E-state index in [0.717, 1.165) is 17.8 Å². The van der Waals surface area contributed by atoms with Crippen LogP contribution in [0.25, 0.3) is 0 Å². The molecule has 1 aromatic carbocycles. The molecule has 0 saturated heterocycles. The Morgan fingerprint density at radius 2 is 2.27 bits per heavy atom. The molecule has 0 aliphatic carbocycles. The molecule has 1 unspecified atom stereocenters. The molecule has 15 heavy (non-hydrogen) atoms. The van der Waals surface area contributed by atoms with Gasteiger partial charge in [0, 0.05) is 25.9 Å². The summed E-state index contributed by atoms with van der Waals surface area (Å²) in [6, 6.07) is 8.11. The lowest BCUT2D eigenvalue weighted by Crippen LogP contribution is -2.14. The Kier molecular flexibility index (Phi) is 5.15. The Bertz CT molecular complexity index is 289. The normalized spacial score (nSPS) is 12.5. The van der Waals surface area contributed by atoms with Gasteiger partial charge in [-0.1, -0.05) is 19.1 Å². The second-order valence-corrected chi connectivity index (χ2v) is 3.80. The van der Waals surface area contributed by atoms with Crippen molar-refractivity contribution in [3.63, 3.8) is 0 Å². The maximum Gasteiger partial charge on any atom is 0.0713 e. The van der Waals surface area contributed by atoms with Gasteiger partial charge in [0.15, 0.2) is 0 Å². The fourth-order valence-electron chi connectivity index (χ4n) is 1.29. The van der Waals surface area contributed by atoms with Crippen LogP contribution >= 0.6 is 0 Å². The minimum Gasteiger partial charge on any atom is -0.396 e. The molecule has 0 bridgehead atoms. The van der Waals surface area contributed by atoms with Crippen molar-refractivity contribution in [1.29, 1.82) is 0 Å². The van der Waals surface area contributed by atoms with E-state index in [4.69, 9.17) is 9.84 Å². The maximum absolute atomic E-state index is 8.89. The van der Waals surface area contributed by atoms with Crippen LogP contribution in [-0.4, -0.2) is 25.4 Å². The van der Waals surface area contributed by atoms with Crippen LogP contribution in [0.5, 0.6) is 0 Å². The van der Waals surface area contributed by atoms with Gasteiger partial charge >= 0.3 is 0 Å². The molecule has 0 fully saturated rings. The molecule has 0 amide bonds. The SMILES string of the molecule is COCc1cccc(NCC(C)CO)c1. The molecule has 3 nitrogen and oxygen atoms in total. The summed E-state index contributed by atoms with van der Waals surface area (Å²) >= 11 is 0. The van der Waals surface area contributed by atoms with Crippen molar-refractivity contribution in [1.82, 2.24) is 0 Å². The van der Waals surface area contributed by atoms with Crippen LogP contribution in [0.2, 0.25) is 0 Å². The first-order valence-electron chi connectivity index (χ1n) is 5.19. The molecule has 0 saturated carbocycles. The van der Waals surface area contributed by atoms with E-state index in [1.165, 1.54) is 0 Å². The van der Waals surface area contributed by atoms with Crippen LogP contribution in [0.15, 0.2) is 24.3 Å². The van der Waals surface area contributed by atoms with Gasteiger partial charge in [-0.25, -0.2) is 0 Å². The molecule has 0 spiro atoms. The van der Waals surface area contributed by atoms with E-state index in [-0.39, 0.29) is 12.5 Å². The quantitative estimate of drug-likeness (QED) is 0.751. The third kappa shape index (κ3) is 4.32. The fraction of sp³-hybridized carbons (Fsp3) is 0.500. The number of benzene rings is 1. The van der Waals surface area contributed by atoms with E-state index >= 15 is 0 Å². The minimum atomic E-state index is 0.213. The monoisotopic (exact) mass is 209 g/mol. The fourth-order valence-corrected chi connectivity index (χ4v) is 1.29. The van der Waals surface area contributed by atoms with Crippen molar-refractivity contribution in [2.24, 2.45) is 5.92 Å². The van der Waals surface area contributed by atoms with Gasteiger partial charge in [-0.2, -0.15) is 0 Å². The highest BCUT2D eigenvalue weighted by Crippen LogP contribution is 2.11. The van der Waals surface area contributed by atoms with Crippen molar-refractivity contribution < 1.29 is 9.84 Å².